The number of pyridine rings is 3. The highest BCUT2D eigenvalue weighted by molar-refractivity contribution is 5.77. The molecule has 0 aliphatic carbocycles. The van der Waals surface area contributed by atoms with E-state index in [9.17, 15) is 25.2 Å². The number of aliphatic hydroxyl groups excluding tert-OH is 1. The topological polar surface area (TPSA) is 125 Å². The summed E-state index contributed by atoms with van der Waals surface area (Å²) in [5.74, 6) is 0. The van der Waals surface area contributed by atoms with Gasteiger partial charge in [0, 0.05) is 41.4 Å². The van der Waals surface area contributed by atoms with Crippen LogP contribution in [0.4, 0.5) is 5.69 Å². The molecule has 0 saturated carbocycles. The molecule has 1 N–H and O–H groups in total. The number of benzene rings is 1. The van der Waals surface area contributed by atoms with Crippen molar-refractivity contribution in [2.45, 2.75) is 18.9 Å². The number of rotatable bonds is 6. The second-order valence-corrected chi connectivity index (χ2v) is 7.05. The first-order chi connectivity index (χ1) is 14.9. The maximum absolute atomic E-state index is 13.3. The Morgan fingerprint density at radius 1 is 1.13 bits per heavy atom. The van der Waals surface area contributed by atoms with E-state index in [1.165, 1.54) is 47.3 Å². The predicted octanol–water partition coefficient (Wildman–Crippen LogP) is 2.59. The van der Waals surface area contributed by atoms with E-state index in [0.717, 1.165) is 0 Å². The van der Waals surface area contributed by atoms with Crippen LogP contribution in [-0.2, 0) is 6.42 Å². The van der Waals surface area contributed by atoms with Gasteiger partial charge in [0.25, 0.3) is 11.2 Å². The van der Waals surface area contributed by atoms with Gasteiger partial charge in [-0.3, -0.25) is 19.5 Å². The number of nitro groups is 1. The summed E-state index contributed by atoms with van der Waals surface area (Å²) in [6, 6.07) is 14.2. The van der Waals surface area contributed by atoms with Crippen molar-refractivity contribution in [3.63, 3.8) is 0 Å². The Kier molecular flexibility index (Phi) is 5.42. The highest BCUT2D eigenvalue weighted by Crippen LogP contribution is 2.22. The number of aliphatic hydroxyl groups is 1. The van der Waals surface area contributed by atoms with Crippen LogP contribution in [0, 0.1) is 15.3 Å². The Morgan fingerprint density at radius 2 is 1.90 bits per heavy atom. The van der Waals surface area contributed by atoms with Gasteiger partial charge in [-0.15, -0.1) is 0 Å². The number of aromatic nitrogens is 3. The van der Waals surface area contributed by atoms with Crippen LogP contribution in [0.15, 0.2) is 78.0 Å². The average molecular weight is 418 g/mol. The predicted molar refractivity (Wildman–Crippen MR) is 113 cm³/mol. The number of fused-ring (bicyclic) bond motifs is 1. The van der Waals surface area contributed by atoms with Gasteiger partial charge in [0.2, 0.25) is 0 Å². The smallest absolute Gasteiger partial charge is 0.271 e. The maximum Gasteiger partial charge on any atom is 0.271 e. The number of hydrogen-bond acceptors (Lipinski definition) is 6. The molecule has 0 aliphatic rings. The minimum absolute atomic E-state index is 0.131. The summed E-state index contributed by atoms with van der Waals surface area (Å²) in [6.07, 6.45) is 3.84. The molecule has 0 amide bonds. The molecule has 4 rings (SSSR count). The minimum Gasteiger partial charge on any atom is -0.619 e. The van der Waals surface area contributed by atoms with Crippen molar-refractivity contribution in [3.8, 4) is 5.69 Å². The summed E-state index contributed by atoms with van der Waals surface area (Å²) in [5, 5.41) is 33.5. The van der Waals surface area contributed by atoms with E-state index in [1.807, 2.05) is 0 Å². The molecule has 1 atom stereocenters. The summed E-state index contributed by atoms with van der Waals surface area (Å²) >= 11 is 0. The van der Waals surface area contributed by atoms with Crippen LogP contribution < -0.4 is 10.3 Å². The van der Waals surface area contributed by atoms with Gasteiger partial charge in [-0.25, -0.2) is 4.98 Å². The van der Waals surface area contributed by atoms with E-state index in [1.54, 1.807) is 30.5 Å². The van der Waals surface area contributed by atoms with Gasteiger partial charge in [-0.05, 0) is 42.7 Å². The van der Waals surface area contributed by atoms with E-state index >= 15 is 0 Å². The van der Waals surface area contributed by atoms with Gasteiger partial charge in [0.1, 0.15) is 5.65 Å². The molecule has 0 radical (unpaired) electrons. The minimum atomic E-state index is -0.851. The zero-order chi connectivity index (χ0) is 22.0. The molecule has 3 heterocycles. The van der Waals surface area contributed by atoms with Gasteiger partial charge in [0.15, 0.2) is 12.4 Å². The fraction of sp³-hybridized carbons (Fsp3) is 0.136. The van der Waals surface area contributed by atoms with Gasteiger partial charge in [-0.1, -0.05) is 6.07 Å². The lowest BCUT2D eigenvalue weighted by molar-refractivity contribution is -0.605. The molecule has 0 saturated heterocycles. The van der Waals surface area contributed by atoms with E-state index in [4.69, 9.17) is 0 Å². The second-order valence-electron chi connectivity index (χ2n) is 7.05. The number of nitrogens with zero attached hydrogens (tertiary/aromatic N) is 4. The number of nitro benzene ring substituents is 1. The molecule has 9 nitrogen and oxygen atoms in total. The first kappa shape index (κ1) is 20.2. The molecule has 156 valence electrons. The van der Waals surface area contributed by atoms with Crippen molar-refractivity contribution < 1.29 is 14.8 Å². The Bertz CT molecular complexity index is 1320. The zero-order valence-electron chi connectivity index (χ0n) is 16.3. The second kappa shape index (κ2) is 8.33. The third-order valence-electron chi connectivity index (χ3n) is 5.03. The van der Waals surface area contributed by atoms with Crippen molar-refractivity contribution in [2.75, 3.05) is 0 Å². The third kappa shape index (κ3) is 4.12. The molecule has 31 heavy (non-hydrogen) atoms. The highest BCUT2D eigenvalue weighted by atomic mass is 16.6. The van der Waals surface area contributed by atoms with Gasteiger partial charge < -0.3 is 10.3 Å². The van der Waals surface area contributed by atoms with Crippen LogP contribution >= 0.6 is 0 Å². The largest absolute Gasteiger partial charge is 0.619 e. The van der Waals surface area contributed by atoms with Gasteiger partial charge in [0.05, 0.1) is 16.7 Å². The molecular formula is C22H18N4O5. The van der Waals surface area contributed by atoms with E-state index in [0.29, 0.717) is 32.6 Å². The monoisotopic (exact) mass is 418 g/mol. The van der Waals surface area contributed by atoms with Crippen LogP contribution in [0.2, 0.25) is 0 Å². The van der Waals surface area contributed by atoms with E-state index < -0.39 is 11.0 Å². The first-order valence-corrected chi connectivity index (χ1v) is 9.55. The number of non-ortho nitro benzene ring substituents is 1. The van der Waals surface area contributed by atoms with Crippen LogP contribution in [0.3, 0.4) is 0 Å². The fourth-order valence-corrected chi connectivity index (χ4v) is 3.47. The first-order valence-electron chi connectivity index (χ1n) is 9.55. The van der Waals surface area contributed by atoms with Crippen LogP contribution in [0.25, 0.3) is 16.7 Å². The quantitative estimate of drug-likeness (QED) is 0.222. The zero-order valence-corrected chi connectivity index (χ0v) is 16.3. The van der Waals surface area contributed by atoms with Gasteiger partial charge >= 0.3 is 0 Å². The van der Waals surface area contributed by atoms with Crippen LogP contribution in [-0.4, -0.2) is 19.6 Å². The molecule has 0 fully saturated rings. The van der Waals surface area contributed by atoms with Crippen molar-refractivity contribution in [1.29, 1.82) is 0 Å². The molecule has 0 aliphatic heterocycles. The Balaban J connectivity index is 1.74. The molecule has 1 aromatic carbocycles. The summed E-state index contributed by atoms with van der Waals surface area (Å²) in [6.45, 7) is 0. The lowest BCUT2D eigenvalue weighted by Gasteiger charge is -2.14. The van der Waals surface area contributed by atoms with E-state index in [2.05, 4.69) is 4.98 Å². The molecule has 0 bridgehead atoms. The summed E-state index contributed by atoms with van der Waals surface area (Å²) < 4.78 is 1.98. The molecule has 3 aromatic heterocycles. The molecule has 9 heteroatoms. The average Bonchev–Trinajstić information content (AvgIpc) is 2.78. The Morgan fingerprint density at radius 3 is 2.65 bits per heavy atom. The Hall–Kier alpha value is -4.11. The normalized spacial score (nSPS) is 12.0. The van der Waals surface area contributed by atoms with Crippen LogP contribution in [0.1, 0.15) is 23.7 Å². The molecular weight excluding hydrogens is 400 g/mol. The molecule has 4 aromatic rings. The standard InChI is InChI=1S/C22H18N4O5/c27-20(15-8-11-24(29)12-9-15)7-6-17-13-16-3-2-10-23-21(16)25(22(17)28)18-4-1-5-19(14-18)26(30)31/h1-5,8-14,20,27H,6-7H2. The lowest BCUT2D eigenvalue weighted by atomic mass is 10.0. The third-order valence-corrected chi connectivity index (χ3v) is 5.03. The lowest BCUT2D eigenvalue weighted by Crippen LogP contribution is -2.24. The maximum atomic E-state index is 13.3. The number of aryl methyl sites for hydroxylation is 1. The van der Waals surface area contributed by atoms with Crippen LogP contribution in [0.5, 0.6) is 0 Å². The highest BCUT2D eigenvalue weighted by Gasteiger charge is 2.16. The molecule has 0 spiro atoms. The van der Waals surface area contributed by atoms with Crippen molar-refractivity contribution >= 4 is 16.7 Å². The van der Waals surface area contributed by atoms with Crippen molar-refractivity contribution in [1.82, 2.24) is 9.55 Å². The fourth-order valence-electron chi connectivity index (χ4n) is 3.47. The summed E-state index contributed by atoms with van der Waals surface area (Å²) in [5.41, 5.74) is 1.27. The SMILES string of the molecule is O=c1c(CCC(O)c2cc[n+]([O-])cc2)cc2cccnc2n1-c1cccc([N+](=O)[O-])c1. The molecule has 1 unspecified atom stereocenters. The van der Waals surface area contributed by atoms with E-state index in [-0.39, 0.29) is 24.1 Å². The summed E-state index contributed by atoms with van der Waals surface area (Å²) in [4.78, 5) is 28.3. The summed E-state index contributed by atoms with van der Waals surface area (Å²) in [7, 11) is 0. The number of hydrogen-bond donors (Lipinski definition) is 1. The van der Waals surface area contributed by atoms with Gasteiger partial charge in [-0.2, -0.15) is 4.73 Å². The van der Waals surface area contributed by atoms with Crippen molar-refractivity contribution in [3.05, 3.63) is 110 Å². The van der Waals surface area contributed by atoms with Crippen molar-refractivity contribution in [2.24, 2.45) is 0 Å². The Labute approximate surface area is 176 Å².